The third kappa shape index (κ3) is 7.24. The van der Waals surface area contributed by atoms with Crippen LogP contribution in [0.3, 0.4) is 0 Å². The largest absolute Gasteiger partial charge is 0.457 e. The van der Waals surface area contributed by atoms with Crippen LogP contribution in [0.2, 0.25) is 0 Å². The van der Waals surface area contributed by atoms with E-state index in [9.17, 15) is 0 Å². The van der Waals surface area contributed by atoms with Crippen molar-refractivity contribution < 1.29 is 4.74 Å². The third-order valence-corrected chi connectivity index (χ3v) is 19.2. The highest BCUT2D eigenvalue weighted by Gasteiger charge is 2.54. The second kappa shape index (κ2) is 17.0. The van der Waals surface area contributed by atoms with E-state index in [0.29, 0.717) is 0 Å². The van der Waals surface area contributed by atoms with Crippen LogP contribution >= 0.6 is 11.8 Å². The second-order valence-electron chi connectivity index (χ2n) is 26.9. The van der Waals surface area contributed by atoms with Gasteiger partial charge >= 0.3 is 0 Å². The van der Waals surface area contributed by atoms with Crippen LogP contribution in [0, 0.1) is 0 Å². The van der Waals surface area contributed by atoms with Crippen molar-refractivity contribution in [3.05, 3.63) is 267 Å². The molecule has 0 saturated carbocycles. The smallest absolute Gasteiger partial charge is 0.132 e. The van der Waals surface area contributed by atoms with Crippen molar-refractivity contribution >= 4 is 39.6 Å². The van der Waals surface area contributed by atoms with Crippen LogP contribution in [0.5, 0.6) is 11.5 Å². The molecule has 0 saturated heterocycles. The van der Waals surface area contributed by atoms with Gasteiger partial charge in [-0.15, -0.1) is 0 Å². The van der Waals surface area contributed by atoms with Gasteiger partial charge in [-0.3, -0.25) is 0 Å². The molecule has 0 fully saturated rings. The van der Waals surface area contributed by atoms with Crippen molar-refractivity contribution in [3.63, 3.8) is 0 Å². The van der Waals surface area contributed by atoms with Crippen LogP contribution in [-0.4, -0.2) is 0 Å². The molecule has 390 valence electrons. The molecule has 0 amide bonds. The summed E-state index contributed by atoms with van der Waals surface area (Å²) in [6, 6.07) is 77.6. The normalized spacial score (nSPS) is 15.1. The van der Waals surface area contributed by atoms with Gasteiger partial charge in [-0.2, -0.15) is 0 Å². The number of anilines is 3. The van der Waals surface area contributed by atoms with E-state index >= 15 is 0 Å². The molecule has 0 bridgehead atoms. The lowest BCUT2D eigenvalue weighted by Gasteiger charge is -2.42. The van der Waals surface area contributed by atoms with Crippen molar-refractivity contribution in [2.24, 2.45) is 0 Å². The third-order valence-electron chi connectivity index (χ3n) is 18.0. The Morgan fingerprint density at radius 1 is 0.329 bits per heavy atom. The monoisotopic (exact) mass is 1040 g/mol. The number of hydrogen-bond donors (Lipinski definition) is 0. The maximum atomic E-state index is 7.11. The fraction of sp³-hybridized carbons (Fsp3) is 0.237. The quantitative estimate of drug-likeness (QED) is 0.175. The van der Waals surface area contributed by atoms with Gasteiger partial charge in [0.05, 0.1) is 16.5 Å². The molecule has 4 aliphatic rings. The summed E-state index contributed by atoms with van der Waals surface area (Å²) in [5.74, 6) is 1.81. The van der Waals surface area contributed by atoms with Crippen LogP contribution in [-0.2, 0) is 32.5 Å². The molecule has 2 aliphatic heterocycles. The summed E-state index contributed by atoms with van der Waals surface area (Å²) < 4.78 is 7.11. The van der Waals surface area contributed by atoms with Gasteiger partial charge in [-0.1, -0.05) is 228 Å². The van der Waals surface area contributed by atoms with Crippen LogP contribution < -0.4 is 9.64 Å². The van der Waals surface area contributed by atoms with Gasteiger partial charge in [-0.25, -0.2) is 0 Å². The van der Waals surface area contributed by atoms with Gasteiger partial charge in [0.1, 0.15) is 11.5 Å². The predicted molar refractivity (Wildman–Crippen MR) is 332 cm³/mol. The molecule has 0 unspecified atom stereocenters. The topological polar surface area (TPSA) is 12.5 Å². The number of rotatable bonds is 3. The molecule has 10 aromatic carbocycles. The van der Waals surface area contributed by atoms with E-state index in [2.05, 4.69) is 288 Å². The minimum Gasteiger partial charge on any atom is -0.457 e. The van der Waals surface area contributed by atoms with Crippen LogP contribution in [0.4, 0.5) is 17.1 Å². The van der Waals surface area contributed by atoms with E-state index in [-0.39, 0.29) is 21.7 Å². The SMILES string of the molecule is CC(C)(C)c1ccc2c(c1)C1(c3cc(C(C)(C)C)ccc3O2)c2ccccc2-c2ccc(N(c3ccc4c(c3)C3(c5ccccc5S4)c4cc(C(C)(C)C)ccc4-c4ccc(C(C)(C)C)cc43)c3cccc4ccccc34)cc21. The van der Waals surface area contributed by atoms with Crippen molar-refractivity contribution in [1.82, 2.24) is 0 Å². The van der Waals surface area contributed by atoms with Crippen molar-refractivity contribution in [1.29, 1.82) is 0 Å². The van der Waals surface area contributed by atoms with Crippen LogP contribution in [0.1, 0.15) is 150 Å². The van der Waals surface area contributed by atoms with E-state index in [0.717, 1.165) is 28.6 Å². The minimum atomic E-state index is -0.690. The number of fused-ring (bicyclic) bond motifs is 19. The first kappa shape index (κ1) is 49.7. The van der Waals surface area contributed by atoms with Crippen molar-refractivity contribution in [2.45, 2.75) is 125 Å². The Morgan fingerprint density at radius 2 is 0.747 bits per heavy atom. The van der Waals surface area contributed by atoms with E-state index < -0.39 is 10.8 Å². The highest BCUT2D eigenvalue weighted by atomic mass is 32.2. The van der Waals surface area contributed by atoms with E-state index in [1.807, 2.05) is 11.8 Å². The summed E-state index contributed by atoms with van der Waals surface area (Å²) in [4.78, 5) is 5.16. The molecule has 0 N–H and O–H groups in total. The van der Waals surface area contributed by atoms with Crippen molar-refractivity contribution in [3.8, 4) is 33.8 Å². The molecule has 3 heteroatoms. The first-order valence-corrected chi connectivity index (χ1v) is 29.2. The highest BCUT2D eigenvalue weighted by Crippen LogP contribution is 2.66. The summed E-state index contributed by atoms with van der Waals surface area (Å²) in [5, 5.41) is 2.40. The first-order chi connectivity index (χ1) is 37.7. The summed E-state index contributed by atoms with van der Waals surface area (Å²) in [7, 11) is 0. The fourth-order valence-electron chi connectivity index (χ4n) is 13.8. The van der Waals surface area contributed by atoms with Crippen molar-refractivity contribution in [2.75, 3.05) is 4.90 Å². The number of nitrogens with zero attached hydrogens (tertiary/aromatic N) is 1. The number of benzene rings is 10. The zero-order chi connectivity index (χ0) is 54.8. The molecule has 2 aliphatic carbocycles. The average Bonchev–Trinajstić information content (AvgIpc) is 3.01. The molecule has 0 aromatic heterocycles. The highest BCUT2D eigenvalue weighted by molar-refractivity contribution is 7.99. The van der Waals surface area contributed by atoms with Crippen LogP contribution in [0.25, 0.3) is 33.0 Å². The standard InChI is InChI=1S/C76H69NOS/c1-71(2,3)47-28-34-55-56-35-29-48(72(4,5)6)41-61(56)76(60(55)40-47)59-25-17-18-27-69(59)79-70-39-33-52(45-65(70)76)77(66-26-19-21-46-20-13-14-22-53(46)66)51-32-36-57-54-23-15-16-24-58(54)75(62(57)44-51)63-42-49(73(7,8)9)30-37-67(63)78-68-38-31-50(43-64(68)75)74(10,11)12/h13-45H,1-12H3. The molecule has 10 aromatic rings. The molecular weight excluding hydrogens is 975 g/mol. The molecule has 2 heterocycles. The van der Waals surface area contributed by atoms with E-state index in [4.69, 9.17) is 4.74 Å². The Morgan fingerprint density at radius 3 is 1.34 bits per heavy atom. The van der Waals surface area contributed by atoms with Gasteiger partial charge in [-0.05, 0) is 172 Å². The molecular formula is C76H69NOS. The lowest BCUT2D eigenvalue weighted by molar-refractivity contribution is 0.433. The molecule has 2 nitrogen and oxygen atoms in total. The molecule has 14 rings (SSSR count). The Labute approximate surface area is 472 Å². The summed E-state index contributed by atoms with van der Waals surface area (Å²) in [5.41, 5.74) is 22.5. The maximum absolute atomic E-state index is 7.11. The summed E-state index contributed by atoms with van der Waals surface area (Å²) in [6.07, 6.45) is 0. The van der Waals surface area contributed by atoms with Gasteiger partial charge in [0.2, 0.25) is 0 Å². The fourth-order valence-corrected chi connectivity index (χ4v) is 15.0. The summed E-state index contributed by atoms with van der Waals surface area (Å²) >= 11 is 1.91. The molecule has 0 radical (unpaired) electrons. The average molecular weight is 1040 g/mol. The minimum absolute atomic E-state index is 0.0565. The second-order valence-corrected chi connectivity index (χ2v) is 28.0. The maximum Gasteiger partial charge on any atom is 0.132 e. The Kier molecular flexibility index (Phi) is 10.7. The Balaban J connectivity index is 1.08. The summed E-state index contributed by atoms with van der Waals surface area (Å²) in [6.45, 7) is 28.0. The van der Waals surface area contributed by atoms with Gasteiger partial charge in [0, 0.05) is 37.7 Å². The Bertz CT molecular complexity index is 4070. The zero-order valence-corrected chi connectivity index (χ0v) is 48.6. The first-order valence-electron chi connectivity index (χ1n) is 28.4. The predicted octanol–water partition coefficient (Wildman–Crippen LogP) is 20.8. The zero-order valence-electron chi connectivity index (χ0n) is 47.8. The van der Waals surface area contributed by atoms with E-state index in [1.54, 1.807) is 0 Å². The lowest BCUT2D eigenvalue weighted by Crippen LogP contribution is -2.33. The van der Waals surface area contributed by atoms with Crippen LogP contribution in [0.15, 0.2) is 210 Å². The lowest BCUT2D eigenvalue weighted by atomic mass is 9.64. The van der Waals surface area contributed by atoms with Gasteiger partial charge in [0.25, 0.3) is 0 Å². The Hall–Kier alpha value is -7.59. The van der Waals surface area contributed by atoms with Gasteiger partial charge in [0.15, 0.2) is 0 Å². The number of ether oxygens (including phenoxy) is 1. The van der Waals surface area contributed by atoms with Gasteiger partial charge < -0.3 is 9.64 Å². The molecule has 0 atom stereocenters. The molecule has 2 spiro atoms. The van der Waals surface area contributed by atoms with E-state index in [1.165, 1.54) is 110 Å². The molecule has 79 heavy (non-hydrogen) atoms. The number of hydrogen-bond acceptors (Lipinski definition) is 3.